The van der Waals surface area contributed by atoms with Gasteiger partial charge in [0.2, 0.25) is 0 Å². The molecule has 2 aliphatic rings. The molecule has 1 aliphatic heterocycles. The number of carbonyl (C=O) groups is 1. The third-order valence-electron chi connectivity index (χ3n) is 4.90. The lowest BCUT2D eigenvalue weighted by atomic mass is 10.1. The van der Waals surface area contributed by atoms with Crippen molar-refractivity contribution in [2.45, 2.75) is 44.7 Å². The van der Waals surface area contributed by atoms with E-state index in [9.17, 15) is 4.79 Å². The van der Waals surface area contributed by atoms with Crippen molar-refractivity contribution < 1.29 is 4.79 Å². The molecule has 6 heteroatoms. The molecule has 0 radical (unpaired) electrons. The van der Waals surface area contributed by atoms with E-state index in [0.717, 1.165) is 24.1 Å². The molecule has 0 bridgehead atoms. The first-order valence-corrected chi connectivity index (χ1v) is 9.21. The van der Waals surface area contributed by atoms with Gasteiger partial charge in [-0.2, -0.15) is 0 Å². The van der Waals surface area contributed by atoms with Crippen molar-refractivity contribution in [2.75, 3.05) is 26.7 Å². The molecule has 3 rings (SSSR count). The van der Waals surface area contributed by atoms with E-state index in [1.807, 2.05) is 12.4 Å². The molecule has 1 aromatic heterocycles. The van der Waals surface area contributed by atoms with Crippen LogP contribution in [0, 0.1) is 5.92 Å². The Morgan fingerprint density at radius 2 is 2.27 bits per heavy atom. The van der Waals surface area contributed by atoms with Crippen molar-refractivity contribution >= 4 is 17.4 Å². The first-order valence-electron chi connectivity index (χ1n) is 8.34. The summed E-state index contributed by atoms with van der Waals surface area (Å²) >= 11 is 1.59. The predicted molar refractivity (Wildman–Crippen MR) is 88.9 cm³/mol. The van der Waals surface area contributed by atoms with Crippen LogP contribution in [0.15, 0.2) is 11.6 Å². The Kier molecular flexibility index (Phi) is 5.31. The van der Waals surface area contributed by atoms with Gasteiger partial charge in [-0.1, -0.05) is 12.8 Å². The topological polar surface area (TPSA) is 48.5 Å². The minimum absolute atomic E-state index is 0.00881. The number of rotatable bonds is 5. The summed E-state index contributed by atoms with van der Waals surface area (Å²) in [5.41, 5.74) is 0. The fourth-order valence-electron chi connectivity index (χ4n) is 3.60. The number of hydrogen-bond donors (Lipinski definition) is 1. The first-order chi connectivity index (χ1) is 10.7. The van der Waals surface area contributed by atoms with Crippen LogP contribution in [-0.4, -0.2) is 53.5 Å². The van der Waals surface area contributed by atoms with Gasteiger partial charge in [-0.15, -0.1) is 11.3 Å². The molecule has 1 N–H and O–H groups in total. The van der Waals surface area contributed by atoms with E-state index in [1.54, 1.807) is 22.4 Å². The smallest absolute Gasteiger partial charge is 0.317 e. The number of aromatic nitrogens is 1. The molecule has 1 aromatic rings. The summed E-state index contributed by atoms with van der Waals surface area (Å²) in [6.45, 7) is 3.74. The molecule has 2 amide bonds. The first kappa shape index (κ1) is 15.7. The van der Waals surface area contributed by atoms with E-state index in [4.69, 9.17) is 0 Å². The zero-order valence-corrected chi connectivity index (χ0v) is 14.1. The van der Waals surface area contributed by atoms with Gasteiger partial charge in [-0.25, -0.2) is 9.78 Å². The molecule has 2 heterocycles. The van der Waals surface area contributed by atoms with E-state index in [-0.39, 0.29) is 6.03 Å². The van der Waals surface area contributed by atoms with E-state index < -0.39 is 0 Å². The molecule has 1 aliphatic carbocycles. The maximum atomic E-state index is 12.1. The number of carbonyl (C=O) groups excluding carboxylic acids is 1. The number of likely N-dealkylation sites (tertiary alicyclic amines) is 1. The summed E-state index contributed by atoms with van der Waals surface area (Å²) in [7, 11) is 1.83. The van der Waals surface area contributed by atoms with Crippen molar-refractivity contribution in [1.82, 2.24) is 20.1 Å². The van der Waals surface area contributed by atoms with E-state index in [1.165, 1.54) is 38.6 Å². The Balaban J connectivity index is 1.38. The van der Waals surface area contributed by atoms with Crippen LogP contribution in [0.5, 0.6) is 0 Å². The van der Waals surface area contributed by atoms with Crippen molar-refractivity contribution in [2.24, 2.45) is 5.92 Å². The zero-order chi connectivity index (χ0) is 15.4. The summed E-state index contributed by atoms with van der Waals surface area (Å²) in [5, 5.41) is 6.00. The van der Waals surface area contributed by atoms with Crippen molar-refractivity contribution in [3.8, 4) is 0 Å². The molecule has 1 saturated carbocycles. The Bertz CT molecular complexity index is 473. The molecular formula is C16H26N4OS. The molecule has 1 atom stereocenters. The van der Waals surface area contributed by atoms with Crippen LogP contribution in [-0.2, 0) is 6.54 Å². The lowest BCUT2D eigenvalue weighted by molar-refractivity contribution is 0.203. The number of urea groups is 1. The number of thiazole rings is 1. The molecule has 0 unspecified atom stereocenters. The van der Waals surface area contributed by atoms with Crippen LogP contribution in [0.1, 0.15) is 37.1 Å². The van der Waals surface area contributed by atoms with Gasteiger partial charge < -0.3 is 15.1 Å². The van der Waals surface area contributed by atoms with Crippen LogP contribution in [0.3, 0.4) is 0 Å². The number of hydrogen-bond acceptors (Lipinski definition) is 4. The van der Waals surface area contributed by atoms with Crippen LogP contribution < -0.4 is 5.32 Å². The van der Waals surface area contributed by atoms with Crippen LogP contribution in [0.2, 0.25) is 0 Å². The van der Waals surface area contributed by atoms with Gasteiger partial charge in [0.25, 0.3) is 0 Å². The number of nitrogens with one attached hydrogen (secondary N) is 1. The standard InChI is InChI=1S/C16H26N4OS/c1-19(12-15-17-7-9-22-15)16(21)18-10-13-6-8-20(11-13)14-4-2-3-5-14/h7,9,13-14H,2-6,8,10-12H2,1H3,(H,18,21)/t13-/m1/s1. The third-order valence-corrected chi connectivity index (χ3v) is 5.67. The summed E-state index contributed by atoms with van der Waals surface area (Å²) in [4.78, 5) is 20.7. The highest BCUT2D eigenvalue weighted by Crippen LogP contribution is 2.28. The molecule has 2 fully saturated rings. The van der Waals surface area contributed by atoms with Crippen LogP contribution >= 0.6 is 11.3 Å². The SMILES string of the molecule is CN(Cc1nccs1)C(=O)NC[C@H]1CCN(C2CCCC2)C1. The van der Waals surface area contributed by atoms with E-state index in [2.05, 4.69) is 15.2 Å². The highest BCUT2D eigenvalue weighted by atomic mass is 32.1. The largest absolute Gasteiger partial charge is 0.338 e. The Morgan fingerprint density at radius 1 is 1.45 bits per heavy atom. The normalized spacial score (nSPS) is 23.0. The van der Waals surface area contributed by atoms with Gasteiger partial charge in [0, 0.05) is 37.8 Å². The molecule has 0 spiro atoms. The lowest BCUT2D eigenvalue weighted by Gasteiger charge is -2.23. The van der Waals surface area contributed by atoms with Crippen LogP contribution in [0.4, 0.5) is 4.79 Å². The van der Waals surface area contributed by atoms with E-state index in [0.29, 0.717) is 12.5 Å². The van der Waals surface area contributed by atoms with Crippen molar-refractivity contribution in [3.63, 3.8) is 0 Å². The van der Waals surface area contributed by atoms with Gasteiger partial charge >= 0.3 is 6.03 Å². The maximum absolute atomic E-state index is 12.1. The van der Waals surface area contributed by atoms with Crippen molar-refractivity contribution in [1.29, 1.82) is 0 Å². The molecule has 1 saturated heterocycles. The summed E-state index contributed by atoms with van der Waals surface area (Å²) in [5.74, 6) is 0.609. The lowest BCUT2D eigenvalue weighted by Crippen LogP contribution is -2.40. The zero-order valence-electron chi connectivity index (χ0n) is 13.3. The second kappa shape index (κ2) is 7.42. The Labute approximate surface area is 136 Å². The summed E-state index contributed by atoms with van der Waals surface area (Å²) in [6.07, 6.45) is 8.52. The van der Waals surface area contributed by atoms with E-state index >= 15 is 0 Å². The van der Waals surface area contributed by atoms with Gasteiger partial charge in [-0.3, -0.25) is 0 Å². The quantitative estimate of drug-likeness (QED) is 0.906. The predicted octanol–water partition coefficient (Wildman–Crippen LogP) is 2.55. The molecule has 5 nitrogen and oxygen atoms in total. The minimum atomic E-state index is 0.00881. The monoisotopic (exact) mass is 322 g/mol. The van der Waals surface area contributed by atoms with Gasteiger partial charge in [-0.05, 0) is 31.7 Å². The summed E-state index contributed by atoms with van der Waals surface area (Å²) in [6, 6.07) is 0.822. The molecule has 22 heavy (non-hydrogen) atoms. The van der Waals surface area contributed by atoms with Gasteiger partial charge in [0.05, 0.1) is 6.54 Å². The highest BCUT2D eigenvalue weighted by Gasteiger charge is 2.30. The second-order valence-corrected chi connectivity index (χ2v) is 7.53. The fraction of sp³-hybridized carbons (Fsp3) is 0.750. The maximum Gasteiger partial charge on any atom is 0.317 e. The molecule has 0 aromatic carbocycles. The molecular weight excluding hydrogens is 296 g/mol. The summed E-state index contributed by atoms with van der Waals surface area (Å²) < 4.78 is 0. The fourth-order valence-corrected chi connectivity index (χ4v) is 4.27. The van der Waals surface area contributed by atoms with Crippen molar-refractivity contribution in [3.05, 3.63) is 16.6 Å². The highest BCUT2D eigenvalue weighted by molar-refractivity contribution is 7.09. The second-order valence-electron chi connectivity index (χ2n) is 6.56. The van der Waals surface area contributed by atoms with Gasteiger partial charge in [0.1, 0.15) is 5.01 Å². The molecule has 122 valence electrons. The Morgan fingerprint density at radius 3 is 3.00 bits per heavy atom. The van der Waals surface area contributed by atoms with Crippen LogP contribution in [0.25, 0.3) is 0 Å². The van der Waals surface area contributed by atoms with Gasteiger partial charge in [0.15, 0.2) is 0 Å². The Hall–Kier alpha value is -1.14. The third kappa shape index (κ3) is 3.98. The number of amides is 2. The average molecular weight is 322 g/mol. The number of nitrogens with zero attached hydrogens (tertiary/aromatic N) is 3. The minimum Gasteiger partial charge on any atom is -0.338 e. The average Bonchev–Trinajstić information content (AvgIpc) is 3.25.